The molecule has 10 aromatic carbocycles. The van der Waals surface area contributed by atoms with Crippen molar-refractivity contribution < 1.29 is 313 Å². The van der Waals surface area contributed by atoms with Gasteiger partial charge in [-0.1, -0.05) is 134 Å². The van der Waals surface area contributed by atoms with E-state index in [1.54, 1.807) is 24.7 Å². The summed E-state index contributed by atoms with van der Waals surface area (Å²) in [6, 6.07) is 112. The Kier molecular flexibility index (Phi) is 54.3. The summed E-state index contributed by atoms with van der Waals surface area (Å²) in [4.78, 5) is 30.8. The van der Waals surface area contributed by atoms with Crippen molar-refractivity contribution in [2.45, 2.75) is 38.6 Å². The summed E-state index contributed by atoms with van der Waals surface area (Å²) in [7, 11) is 0. The zero-order valence-corrected chi connectivity index (χ0v) is 93.1. The fourth-order valence-corrected chi connectivity index (χ4v) is 10.6. The van der Waals surface area contributed by atoms with Crippen LogP contribution in [0.4, 0.5) is 5.69 Å². The molecule has 6 heterocycles. The first kappa shape index (κ1) is 103. The third kappa shape index (κ3) is 28.7. The molecule has 0 aliphatic carbocycles. The molecule has 102 heavy (non-hydrogen) atoms. The number of para-hydroxylation sites is 1. The smallest absolute Gasteiger partial charge is 0.0748 e. The number of benzene rings is 10. The maximum absolute atomic E-state index is 4.84. The van der Waals surface area contributed by atoms with Gasteiger partial charge < -0.3 is 19.9 Å². The van der Waals surface area contributed by atoms with Crippen LogP contribution in [0, 0.1) is 36.4 Å². The Balaban J connectivity index is 0. The SMILES string of the molecule is CC1(C)C(c2[c-]cccc2)=Nc2ccccc21.CC1(C)N=C(c2[c-]cccc2)c2ccccc21.[Y].[Y].[Y].[Y].[Y].[Y].[Zn].[Zn].[Zn].[Zn].[Zn].[Zn].[c-]1ccc2ccccc2c1-c1ccccn1.[c-]1ccccc1-c1ccccn1.[c-]1ccccc1-c1nccc2ccccc12.[c-]1ccccc1-c1ncccn1. The van der Waals surface area contributed by atoms with E-state index >= 15 is 0 Å². The van der Waals surface area contributed by atoms with Crippen LogP contribution in [0.2, 0.25) is 0 Å². The van der Waals surface area contributed by atoms with Gasteiger partial charge in [-0.15, -0.1) is 209 Å². The Hall–Kier alpha value is -1.05. The van der Waals surface area contributed by atoms with Crippen LogP contribution in [0.15, 0.2) is 320 Å². The van der Waals surface area contributed by atoms with Crippen LogP contribution in [0.5, 0.6) is 0 Å². The van der Waals surface area contributed by atoms with Crippen LogP contribution in [-0.2, 0) is 324 Å². The first-order valence-corrected chi connectivity index (χ1v) is 29.8. The summed E-state index contributed by atoms with van der Waals surface area (Å²) >= 11 is 0. The van der Waals surface area contributed by atoms with E-state index in [1.807, 2.05) is 200 Å². The van der Waals surface area contributed by atoms with Crippen molar-refractivity contribution in [1.29, 1.82) is 0 Å². The van der Waals surface area contributed by atoms with Crippen LogP contribution in [-0.4, -0.2) is 36.3 Å². The van der Waals surface area contributed by atoms with Gasteiger partial charge in [0.25, 0.3) is 0 Å². The van der Waals surface area contributed by atoms with Crippen LogP contribution in [0.25, 0.3) is 66.7 Å². The van der Waals surface area contributed by atoms with Crippen LogP contribution >= 0.6 is 0 Å². The molecular weight excluding hydrogens is 2020 g/mol. The maximum atomic E-state index is 4.84. The van der Waals surface area contributed by atoms with Gasteiger partial charge in [-0.05, 0) is 100 Å². The zero-order valence-electron chi connectivity index (χ0n) is 58.3. The minimum absolute atomic E-state index is 0. The summed E-state index contributed by atoms with van der Waals surface area (Å²) in [5.74, 6) is 0.720. The summed E-state index contributed by atoms with van der Waals surface area (Å²) in [5.41, 5.74) is 16.1. The van der Waals surface area contributed by atoms with E-state index < -0.39 is 0 Å². The number of pyridine rings is 3. The van der Waals surface area contributed by atoms with Gasteiger partial charge in [0.15, 0.2) is 0 Å². The molecule has 0 atom stereocenters. The molecular formula is C83H63N7Y6Zn6-6. The first-order valence-electron chi connectivity index (χ1n) is 29.8. The molecule has 2 aliphatic rings. The largest absolute Gasteiger partial charge is 0.322 e. The number of aliphatic imine (C=N–C) groups is 2. The molecule has 0 spiro atoms. The zero-order chi connectivity index (χ0) is 61.8. The maximum Gasteiger partial charge on any atom is 0.0748 e. The van der Waals surface area contributed by atoms with Gasteiger partial charge in [-0.3, -0.25) is 15.0 Å². The second kappa shape index (κ2) is 53.7. The van der Waals surface area contributed by atoms with Gasteiger partial charge in [0.2, 0.25) is 0 Å². The molecule has 466 valence electrons. The molecule has 0 saturated heterocycles. The molecule has 0 saturated carbocycles. The van der Waals surface area contributed by atoms with Gasteiger partial charge in [0, 0.05) is 350 Å². The normalized spacial score (nSPS) is 11.1. The third-order valence-electron chi connectivity index (χ3n) is 15.0. The van der Waals surface area contributed by atoms with E-state index in [2.05, 4.69) is 174 Å². The second-order valence-electron chi connectivity index (χ2n) is 21.9. The van der Waals surface area contributed by atoms with Gasteiger partial charge in [0.1, 0.15) is 0 Å². The van der Waals surface area contributed by atoms with Gasteiger partial charge in [-0.2, -0.15) is 0 Å². The minimum atomic E-state index is -0.129. The molecule has 0 N–H and O–H groups in total. The molecule has 0 unspecified atom stereocenters. The topological polar surface area (TPSA) is 89.2 Å². The Morgan fingerprint density at radius 1 is 0.304 bits per heavy atom. The first-order chi connectivity index (χ1) is 44.2. The van der Waals surface area contributed by atoms with Gasteiger partial charge in [-0.25, -0.2) is 0 Å². The van der Waals surface area contributed by atoms with Crippen LogP contribution in [0.1, 0.15) is 55.5 Å². The van der Waals surface area contributed by atoms with Crippen molar-refractivity contribution in [2.75, 3.05) is 0 Å². The Labute approximate surface area is 830 Å². The third-order valence-corrected chi connectivity index (χ3v) is 15.0. The van der Waals surface area contributed by atoms with E-state index in [1.165, 1.54) is 38.2 Å². The monoisotopic (exact) mass is 2070 g/mol. The summed E-state index contributed by atoms with van der Waals surface area (Å²) < 4.78 is 0. The number of hydrogen-bond donors (Lipinski definition) is 0. The standard InChI is InChI=1S/2C16H14N.2C15H10N.C11H8N.C10H7N2.6Y.6Zn/c1-16(2)13-10-6-7-11-14(13)17-15(16)12-8-4-3-5-9-12;1-16(2)14-11-7-6-10-13(14)15(17-16)12-8-4-3-5-9-12;1-2-8-13-12(6-1)7-5-9-14(13)15-10-3-4-11-16-15;1-2-7-13(8-3-1)15-14-9-5-4-6-12(14)10-11-16-15;1-2-6-10(7-3-1)11-8-4-5-9-12-11;1-2-5-9(6-3-1)10-11-7-4-8-12-10;;;;;;;;;;;;/h2*3-8,10-11H,1-2H3;1-8,10-11H;1-7,9-11H;1-6,8-9H;1-5,7-8H;;;;;;;;;;;;/q6*-1;;;;;;;;;;;;. The van der Waals surface area contributed by atoms with Crippen LogP contribution < -0.4 is 0 Å². The molecule has 4 aromatic heterocycles. The molecule has 0 fully saturated rings. The molecule has 2 aliphatic heterocycles. The molecule has 0 bridgehead atoms. The quantitative estimate of drug-likeness (QED) is 0.122. The van der Waals surface area contributed by atoms with Crippen molar-refractivity contribution in [3.05, 3.63) is 374 Å². The Morgan fingerprint density at radius 2 is 0.745 bits per heavy atom. The fraction of sp³-hybridized carbons (Fsp3) is 0.0723. The predicted molar refractivity (Wildman–Crippen MR) is 368 cm³/mol. The van der Waals surface area contributed by atoms with Crippen LogP contribution in [0.3, 0.4) is 0 Å². The Morgan fingerprint density at radius 3 is 1.28 bits per heavy atom. The average molecular weight is 2080 g/mol. The minimum Gasteiger partial charge on any atom is -0.322 e. The molecule has 16 rings (SSSR count). The average Bonchev–Trinajstić information content (AvgIpc) is 1.60. The fourth-order valence-electron chi connectivity index (χ4n) is 10.6. The van der Waals surface area contributed by atoms with E-state index in [0.717, 1.165) is 73.4 Å². The van der Waals surface area contributed by atoms with E-state index in [-0.39, 0.29) is 324 Å². The summed E-state index contributed by atoms with van der Waals surface area (Å²) in [6.45, 7) is 8.75. The predicted octanol–water partition coefficient (Wildman–Crippen LogP) is 19.3. The number of aromatic nitrogens is 5. The molecule has 6 radical (unpaired) electrons. The van der Waals surface area contributed by atoms with Crippen molar-refractivity contribution in [3.63, 3.8) is 0 Å². The van der Waals surface area contributed by atoms with Gasteiger partial charge >= 0.3 is 0 Å². The van der Waals surface area contributed by atoms with E-state index in [9.17, 15) is 0 Å². The van der Waals surface area contributed by atoms with E-state index in [0.29, 0.717) is 0 Å². The van der Waals surface area contributed by atoms with E-state index in [4.69, 9.17) is 9.98 Å². The number of rotatable bonds is 6. The number of hydrogen-bond acceptors (Lipinski definition) is 7. The summed E-state index contributed by atoms with van der Waals surface area (Å²) in [6.07, 6.45) is 8.89. The summed E-state index contributed by atoms with van der Waals surface area (Å²) in [5, 5.41) is 4.81. The van der Waals surface area contributed by atoms with Crippen molar-refractivity contribution in [2.24, 2.45) is 9.98 Å². The Bertz CT molecular complexity index is 4390. The number of fused-ring (bicyclic) bond motifs is 4. The van der Waals surface area contributed by atoms with Gasteiger partial charge in [0.05, 0.1) is 17.1 Å². The number of nitrogens with zero attached hydrogens (tertiary/aromatic N) is 7. The van der Waals surface area contributed by atoms with Crippen molar-refractivity contribution in [1.82, 2.24) is 24.9 Å². The molecule has 0 amide bonds. The van der Waals surface area contributed by atoms with Crippen molar-refractivity contribution in [3.8, 4) is 45.2 Å². The molecule has 14 aromatic rings. The molecule has 7 nitrogen and oxygen atoms in total. The second-order valence-corrected chi connectivity index (χ2v) is 21.9. The molecule has 19 heteroatoms. The van der Waals surface area contributed by atoms with Crippen molar-refractivity contribution >= 4 is 38.7 Å².